The van der Waals surface area contributed by atoms with E-state index in [-0.39, 0.29) is 17.6 Å². The van der Waals surface area contributed by atoms with Crippen LogP contribution in [0.4, 0.5) is 11.4 Å². The molecular formula is C25H21N3O3S2. The van der Waals surface area contributed by atoms with Gasteiger partial charge in [-0.05, 0) is 54.1 Å². The van der Waals surface area contributed by atoms with Gasteiger partial charge in [0.15, 0.2) is 4.34 Å². The second-order valence-electron chi connectivity index (χ2n) is 6.96. The normalized spacial score (nSPS) is 10.9. The molecule has 0 saturated carbocycles. The molecule has 2 N–H and O–H groups in total. The summed E-state index contributed by atoms with van der Waals surface area (Å²) < 4.78 is 6.85. The molecule has 0 atom stereocenters. The van der Waals surface area contributed by atoms with Gasteiger partial charge in [-0.1, -0.05) is 42.1 Å². The Labute approximate surface area is 199 Å². The first-order valence-corrected chi connectivity index (χ1v) is 11.9. The first kappa shape index (κ1) is 22.6. The van der Waals surface area contributed by atoms with Crippen molar-refractivity contribution in [1.82, 2.24) is 4.98 Å². The van der Waals surface area contributed by atoms with Gasteiger partial charge in [-0.15, -0.1) is 11.3 Å². The second kappa shape index (κ2) is 10.8. The summed E-state index contributed by atoms with van der Waals surface area (Å²) in [5, 5.41) is 5.73. The number of thioether (sulfide) groups is 1. The minimum Gasteiger partial charge on any atom is -0.497 e. The number of carbonyl (C=O) groups excluding carboxylic acids is 2. The number of methoxy groups -OCH3 is 1. The average Bonchev–Trinajstić information content (AvgIpc) is 3.25. The number of hydrogen-bond acceptors (Lipinski definition) is 6. The van der Waals surface area contributed by atoms with Gasteiger partial charge in [-0.2, -0.15) is 0 Å². The summed E-state index contributed by atoms with van der Waals surface area (Å²) in [4.78, 5) is 29.0. The van der Waals surface area contributed by atoms with Gasteiger partial charge in [0.05, 0.1) is 23.1 Å². The van der Waals surface area contributed by atoms with E-state index in [1.807, 2.05) is 48.5 Å². The van der Waals surface area contributed by atoms with Gasteiger partial charge < -0.3 is 15.4 Å². The highest BCUT2D eigenvalue weighted by atomic mass is 32.2. The van der Waals surface area contributed by atoms with E-state index in [0.717, 1.165) is 25.9 Å². The topological polar surface area (TPSA) is 80.3 Å². The number of aromatic nitrogens is 1. The molecule has 2 amide bonds. The van der Waals surface area contributed by atoms with Crippen LogP contribution in [0.1, 0.15) is 5.56 Å². The van der Waals surface area contributed by atoms with Crippen molar-refractivity contribution in [3.05, 3.63) is 84.4 Å². The van der Waals surface area contributed by atoms with Crippen molar-refractivity contribution in [2.75, 3.05) is 23.5 Å². The second-order valence-corrected chi connectivity index (χ2v) is 9.21. The zero-order valence-electron chi connectivity index (χ0n) is 17.8. The Hall–Kier alpha value is -3.62. The molecule has 0 aliphatic carbocycles. The van der Waals surface area contributed by atoms with E-state index in [1.165, 1.54) is 29.2 Å². The smallest absolute Gasteiger partial charge is 0.248 e. The van der Waals surface area contributed by atoms with Gasteiger partial charge in [0.25, 0.3) is 0 Å². The molecule has 6 nitrogen and oxygen atoms in total. The van der Waals surface area contributed by atoms with Crippen LogP contribution >= 0.6 is 23.1 Å². The quantitative estimate of drug-likeness (QED) is 0.253. The van der Waals surface area contributed by atoms with E-state index in [0.29, 0.717) is 11.4 Å². The van der Waals surface area contributed by atoms with E-state index in [2.05, 4.69) is 15.6 Å². The first-order chi connectivity index (χ1) is 16.1. The number of amides is 2. The molecule has 0 saturated heterocycles. The molecule has 0 radical (unpaired) electrons. The van der Waals surface area contributed by atoms with Gasteiger partial charge in [0.2, 0.25) is 11.8 Å². The van der Waals surface area contributed by atoms with Crippen molar-refractivity contribution >= 4 is 62.6 Å². The molecule has 4 aromatic rings. The lowest BCUT2D eigenvalue weighted by Gasteiger charge is -2.05. The summed E-state index contributed by atoms with van der Waals surface area (Å²) in [7, 11) is 1.60. The fourth-order valence-corrected chi connectivity index (χ4v) is 4.87. The van der Waals surface area contributed by atoms with Crippen LogP contribution in [0.5, 0.6) is 5.75 Å². The van der Waals surface area contributed by atoms with Gasteiger partial charge in [0.1, 0.15) is 5.75 Å². The molecule has 0 unspecified atom stereocenters. The van der Waals surface area contributed by atoms with Gasteiger partial charge in [-0.25, -0.2) is 4.98 Å². The number of benzene rings is 3. The fourth-order valence-electron chi connectivity index (χ4n) is 2.96. The van der Waals surface area contributed by atoms with Crippen molar-refractivity contribution < 1.29 is 14.3 Å². The van der Waals surface area contributed by atoms with Crippen molar-refractivity contribution in [2.24, 2.45) is 0 Å². The number of fused-ring (bicyclic) bond motifs is 1. The number of hydrogen-bond donors (Lipinski definition) is 2. The molecule has 0 bridgehead atoms. The number of thiazole rings is 1. The lowest BCUT2D eigenvalue weighted by molar-refractivity contribution is -0.114. The van der Waals surface area contributed by atoms with E-state index < -0.39 is 0 Å². The number of nitrogens with zero attached hydrogens (tertiary/aromatic N) is 1. The van der Waals surface area contributed by atoms with E-state index >= 15 is 0 Å². The summed E-state index contributed by atoms with van der Waals surface area (Å²) in [5.41, 5.74) is 3.20. The molecule has 8 heteroatoms. The Morgan fingerprint density at radius 2 is 1.76 bits per heavy atom. The Kier molecular flexibility index (Phi) is 7.39. The lowest BCUT2D eigenvalue weighted by Crippen LogP contribution is -2.13. The molecule has 0 aliphatic heterocycles. The minimum atomic E-state index is -0.201. The number of carbonyl (C=O) groups is 2. The zero-order valence-corrected chi connectivity index (χ0v) is 19.4. The first-order valence-electron chi connectivity index (χ1n) is 10.1. The fraction of sp³-hybridized carbons (Fsp3) is 0.0800. The number of ether oxygens (including phenoxy) is 1. The largest absolute Gasteiger partial charge is 0.497 e. The lowest BCUT2D eigenvalue weighted by atomic mass is 10.2. The molecule has 33 heavy (non-hydrogen) atoms. The summed E-state index contributed by atoms with van der Waals surface area (Å²) in [6, 6.07) is 22.4. The standard InChI is InChI=1S/C25H21N3O3S2/c1-31-20-11-8-18(9-12-20)26-24(30)16-32-25-28-21-13-10-19(15-22(21)33-25)27-23(29)14-7-17-5-3-2-4-6-17/h2-15H,16H2,1H3,(H,26,30)(H,27,29)/b14-7-. The number of rotatable bonds is 8. The van der Waals surface area contributed by atoms with Crippen LogP contribution in [0, 0.1) is 0 Å². The monoisotopic (exact) mass is 475 g/mol. The third kappa shape index (κ3) is 6.44. The Morgan fingerprint density at radius 3 is 2.52 bits per heavy atom. The number of anilines is 2. The average molecular weight is 476 g/mol. The molecular weight excluding hydrogens is 454 g/mol. The van der Waals surface area contributed by atoms with Gasteiger partial charge >= 0.3 is 0 Å². The molecule has 3 aromatic carbocycles. The van der Waals surface area contributed by atoms with E-state index in [4.69, 9.17) is 4.74 Å². The summed E-state index contributed by atoms with van der Waals surface area (Å²) in [6.07, 6.45) is 3.28. The van der Waals surface area contributed by atoms with Crippen LogP contribution < -0.4 is 15.4 Å². The highest BCUT2D eigenvalue weighted by Crippen LogP contribution is 2.31. The van der Waals surface area contributed by atoms with Crippen LogP contribution in [-0.4, -0.2) is 29.7 Å². The maximum atomic E-state index is 12.3. The van der Waals surface area contributed by atoms with Crippen LogP contribution in [0.2, 0.25) is 0 Å². The van der Waals surface area contributed by atoms with Crippen LogP contribution in [0.15, 0.2) is 83.2 Å². The predicted molar refractivity (Wildman–Crippen MR) is 136 cm³/mol. The van der Waals surface area contributed by atoms with Gasteiger partial charge in [-0.3, -0.25) is 9.59 Å². The maximum Gasteiger partial charge on any atom is 0.248 e. The van der Waals surface area contributed by atoms with Gasteiger partial charge in [0, 0.05) is 17.5 Å². The van der Waals surface area contributed by atoms with Crippen molar-refractivity contribution in [3.8, 4) is 5.75 Å². The molecule has 166 valence electrons. The molecule has 4 rings (SSSR count). The van der Waals surface area contributed by atoms with Crippen molar-refractivity contribution in [2.45, 2.75) is 4.34 Å². The highest BCUT2D eigenvalue weighted by molar-refractivity contribution is 8.01. The summed E-state index contributed by atoms with van der Waals surface area (Å²) >= 11 is 2.87. The minimum absolute atomic E-state index is 0.109. The molecule has 1 heterocycles. The summed E-state index contributed by atoms with van der Waals surface area (Å²) in [6.45, 7) is 0. The van der Waals surface area contributed by atoms with Crippen molar-refractivity contribution in [1.29, 1.82) is 0 Å². The third-order valence-electron chi connectivity index (χ3n) is 4.56. The predicted octanol–water partition coefficient (Wildman–Crippen LogP) is 5.69. The third-order valence-corrected chi connectivity index (χ3v) is 6.72. The zero-order chi connectivity index (χ0) is 23.0. The molecule has 0 aliphatic rings. The Balaban J connectivity index is 1.33. The SMILES string of the molecule is COc1ccc(NC(=O)CSc2nc3ccc(NC(=O)/C=C\c4ccccc4)cc3s2)cc1. The van der Waals surface area contributed by atoms with Crippen LogP contribution in [-0.2, 0) is 9.59 Å². The van der Waals surface area contributed by atoms with Crippen LogP contribution in [0.3, 0.4) is 0 Å². The Bertz CT molecular complexity index is 1290. The summed E-state index contributed by atoms with van der Waals surface area (Å²) in [5.74, 6) is 0.675. The Morgan fingerprint density at radius 1 is 1.00 bits per heavy atom. The number of nitrogens with one attached hydrogen (secondary N) is 2. The maximum absolute atomic E-state index is 12.3. The molecule has 0 fully saturated rings. The molecule has 0 spiro atoms. The molecule has 1 aromatic heterocycles. The van der Waals surface area contributed by atoms with E-state index in [1.54, 1.807) is 37.5 Å². The van der Waals surface area contributed by atoms with E-state index in [9.17, 15) is 9.59 Å². The van der Waals surface area contributed by atoms with Crippen molar-refractivity contribution in [3.63, 3.8) is 0 Å². The van der Waals surface area contributed by atoms with Crippen LogP contribution in [0.25, 0.3) is 16.3 Å². The highest BCUT2D eigenvalue weighted by Gasteiger charge is 2.10.